The van der Waals surface area contributed by atoms with Gasteiger partial charge in [0.1, 0.15) is 0 Å². The molecule has 0 unspecified atom stereocenters. The average molecular weight is 295 g/mol. The summed E-state index contributed by atoms with van der Waals surface area (Å²) in [6.07, 6.45) is 0.728. The minimum Gasteiger partial charge on any atom is -0.493 e. The summed E-state index contributed by atoms with van der Waals surface area (Å²) in [6.45, 7) is 4.45. The molecule has 0 N–H and O–H groups in total. The maximum Gasteiger partial charge on any atom is 0.224 e. The number of hydrogen-bond acceptors (Lipinski definition) is 4. The molecule has 0 saturated carbocycles. The summed E-state index contributed by atoms with van der Waals surface area (Å²) >= 11 is 0. The van der Waals surface area contributed by atoms with Gasteiger partial charge < -0.3 is 19.1 Å². The monoisotopic (exact) mass is 295 g/mol. The maximum absolute atomic E-state index is 11.9. The van der Waals surface area contributed by atoms with Crippen molar-refractivity contribution in [3.63, 3.8) is 0 Å². The van der Waals surface area contributed by atoms with Crippen molar-refractivity contribution in [3.8, 4) is 17.2 Å². The second-order valence-corrected chi connectivity index (χ2v) is 5.20. The van der Waals surface area contributed by atoms with Crippen LogP contribution in [0.2, 0.25) is 0 Å². The number of likely N-dealkylation sites (N-methyl/N-ethyl adjacent to an activating group) is 1. The lowest BCUT2D eigenvalue weighted by atomic mass is 10.1. The Bertz CT molecular complexity index is 460. The van der Waals surface area contributed by atoms with Gasteiger partial charge in [-0.25, -0.2) is 0 Å². The Balaban J connectivity index is 2.87. The number of benzene rings is 1. The predicted octanol–water partition coefficient (Wildman–Crippen LogP) is 2.37. The van der Waals surface area contributed by atoms with Crippen molar-refractivity contribution < 1.29 is 19.0 Å². The molecule has 0 aliphatic carbocycles. The van der Waals surface area contributed by atoms with Gasteiger partial charge in [0.2, 0.25) is 11.7 Å². The minimum atomic E-state index is 0.00920. The summed E-state index contributed by atoms with van der Waals surface area (Å²) in [6, 6.07) is 3.82. The van der Waals surface area contributed by atoms with Crippen LogP contribution in [-0.4, -0.2) is 45.7 Å². The van der Waals surface area contributed by atoms with Crippen LogP contribution >= 0.6 is 0 Å². The van der Waals surface area contributed by atoms with Crippen LogP contribution < -0.4 is 14.2 Å². The van der Waals surface area contributed by atoms with E-state index in [0.717, 1.165) is 12.0 Å². The Labute approximate surface area is 126 Å². The molecule has 118 valence electrons. The molecule has 1 aromatic carbocycles. The normalized spacial score (nSPS) is 10.4. The molecule has 1 amide bonds. The van der Waals surface area contributed by atoms with E-state index in [2.05, 4.69) is 0 Å². The lowest BCUT2D eigenvalue weighted by Gasteiger charge is -2.20. The highest BCUT2D eigenvalue weighted by atomic mass is 16.5. The van der Waals surface area contributed by atoms with Gasteiger partial charge in [0, 0.05) is 19.5 Å². The van der Waals surface area contributed by atoms with Crippen LogP contribution in [0.4, 0.5) is 0 Å². The van der Waals surface area contributed by atoms with Crippen LogP contribution in [0, 0.1) is 5.92 Å². The number of methoxy groups -OCH3 is 3. The highest BCUT2D eigenvalue weighted by Crippen LogP contribution is 2.38. The maximum atomic E-state index is 11.9. The fourth-order valence-electron chi connectivity index (χ4n) is 2.13. The Morgan fingerprint density at radius 3 is 2.00 bits per heavy atom. The summed E-state index contributed by atoms with van der Waals surface area (Å²) in [5.74, 6) is 1.99. The second-order valence-electron chi connectivity index (χ2n) is 5.20. The van der Waals surface area contributed by atoms with E-state index in [4.69, 9.17) is 14.2 Å². The molecule has 0 radical (unpaired) electrons. The summed E-state index contributed by atoms with van der Waals surface area (Å²) in [4.78, 5) is 13.6. The van der Waals surface area contributed by atoms with E-state index in [1.807, 2.05) is 33.0 Å². The first kappa shape index (κ1) is 17.1. The van der Waals surface area contributed by atoms with Gasteiger partial charge in [-0.3, -0.25) is 4.79 Å². The van der Waals surface area contributed by atoms with Crippen molar-refractivity contribution in [1.29, 1.82) is 0 Å². The van der Waals surface area contributed by atoms with Crippen molar-refractivity contribution >= 4 is 5.91 Å². The molecule has 0 spiro atoms. The van der Waals surface area contributed by atoms with E-state index in [1.165, 1.54) is 0 Å². The highest BCUT2D eigenvalue weighted by molar-refractivity contribution is 5.77. The van der Waals surface area contributed by atoms with E-state index < -0.39 is 0 Å². The molecule has 1 aromatic rings. The number of ether oxygens (including phenoxy) is 3. The van der Waals surface area contributed by atoms with Crippen LogP contribution in [0.25, 0.3) is 0 Å². The first-order valence-electron chi connectivity index (χ1n) is 6.98. The number of hydrogen-bond donors (Lipinski definition) is 0. The van der Waals surface area contributed by atoms with Gasteiger partial charge in [0.15, 0.2) is 11.5 Å². The molecule has 0 aliphatic rings. The third kappa shape index (κ3) is 4.28. The topological polar surface area (TPSA) is 48.0 Å². The van der Waals surface area contributed by atoms with Gasteiger partial charge in [0.05, 0.1) is 21.3 Å². The third-order valence-electron chi connectivity index (χ3n) is 3.33. The third-order valence-corrected chi connectivity index (χ3v) is 3.33. The molecule has 0 bridgehead atoms. The van der Waals surface area contributed by atoms with E-state index in [9.17, 15) is 4.79 Å². The standard InChI is InChI=1S/C16H25NO4/c1-11(2)16(18)17(3)8-7-12-9-13(19-4)15(21-6)14(10-12)20-5/h9-11H,7-8H2,1-6H3. The largest absolute Gasteiger partial charge is 0.493 e. The zero-order chi connectivity index (χ0) is 16.0. The number of rotatable bonds is 7. The summed E-state index contributed by atoms with van der Waals surface area (Å²) in [7, 11) is 6.58. The molecule has 5 nitrogen and oxygen atoms in total. The first-order chi connectivity index (χ1) is 9.94. The molecular formula is C16H25NO4. The molecule has 0 saturated heterocycles. The number of nitrogens with zero attached hydrogens (tertiary/aromatic N) is 1. The molecule has 0 heterocycles. The highest BCUT2D eigenvalue weighted by Gasteiger charge is 2.15. The van der Waals surface area contributed by atoms with Crippen molar-refractivity contribution in [2.45, 2.75) is 20.3 Å². The average Bonchev–Trinajstić information content (AvgIpc) is 2.50. The molecule has 0 fully saturated rings. The molecular weight excluding hydrogens is 270 g/mol. The fraction of sp³-hybridized carbons (Fsp3) is 0.562. The van der Waals surface area contributed by atoms with E-state index in [-0.39, 0.29) is 11.8 Å². The number of carbonyl (C=O) groups excluding carboxylic acids is 1. The lowest BCUT2D eigenvalue weighted by Crippen LogP contribution is -2.32. The van der Waals surface area contributed by atoms with Gasteiger partial charge in [-0.05, 0) is 24.1 Å². The van der Waals surface area contributed by atoms with E-state index in [1.54, 1.807) is 26.2 Å². The Hall–Kier alpha value is -1.91. The Morgan fingerprint density at radius 2 is 1.62 bits per heavy atom. The number of amides is 1. The van der Waals surface area contributed by atoms with Crippen molar-refractivity contribution in [2.24, 2.45) is 5.92 Å². The van der Waals surface area contributed by atoms with Gasteiger partial charge in [-0.15, -0.1) is 0 Å². The first-order valence-corrected chi connectivity index (χ1v) is 6.98. The molecule has 0 aromatic heterocycles. The zero-order valence-electron chi connectivity index (χ0n) is 13.7. The van der Waals surface area contributed by atoms with Gasteiger partial charge in [-0.1, -0.05) is 13.8 Å². The van der Waals surface area contributed by atoms with Crippen LogP contribution in [0.1, 0.15) is 19.4 Å². The second kappa shape index (κ2) is 7.76. The minimum absolute atomic E-state index is 0.00920. The van der Waals surface area contributed by atoms with Crippen LogP contribution in [0.5, 0.6) is 17.2 Å². The molecule has 0 atom stereocenters. The van der Waals surface area contributed by atoms with Crippen molar-refractivity contribution in [1.82, 2.24) is 4.90 Å². The SMILES string of the molecule is COc1cc(CCN(C)C(=O)C(C)C)cc(OC)c1OC. The van der Waals surface area contributed by atoms with Crippen LogP contribution in [0.15, 0.2) is 12.1 Å². The van der Waals surface area contributed by atoms with Gasteiger partial charge >= 0.3 is 0 Å². The van der Waals surface area contributed by atoms with Crippen molar-refractivity contribution in [2.75, 3.05) is 34.9 Å². The smallest absolute Gasteiger partial charge is 0.224 e. The molecule has 21 heavy (non-hydrogen) atoms. The van der Waals surface area contributed by atoms with Crippen molar-refractivity contribution in [3.05, 3.63) is 17.7 Å². The number of carbonyl (C=O) groups is 1. The summed E-state index contributed by atoms with van der Waals surface area (Å²) in [5.41, 5.74) is 1.04. The zero-order valence-corrected chi connectivity index (χ0v) is 13.7. The van der Waals surface area contributed by atoms with E-state index >= 15 is 0 Å². The molecule has 1 rings (SSSR count). The quantitative estimate of drug-likeness (QED) is 0.775. The Kier molecular flexibility index (Phi) is 6.34. The lowest BCUT2D eigenvalue weighted by molar-refractivity contribution is -0.133. The summed E-state index contributed by atoms with van der Waals surface area (Å²) in [5, 5.41) is 0. The Morgan fingerprint density at radius 1 is 1.10 bits per heavy atom. The van der Waals surface area contributed by atoms with Crippen LogP contribution in [-0.2, 0) is 11.2 Å². The molecule has 0 aliphatic heterocycles. The van der Waals surface area contributed by atoms with E-state index in [0.29, 0.717) is 23.8 Å². The van der Waals surface area contributed by atoms with Gasteiger partial charge in [-0.2, -0.15) is 0 Å². The van der Waals surface area contributed by atoms with Crippen LogP contribution in [0.3, 0.4) is 0 Å². The van der Waals surface area contributed by atoms with Gasteiger partial charge in [0.25, 0.3) is 0 Å². The summed E-state index contributed by atoms with van der Waals surface area (Å²) < 4.78 is 15.9. The predicted molar refractivity (Wildman–Crippen MR) is 82.3 cm³/mol. The molecule has 5 heteroatoms. The fourth-order valence-corrected chi connectivity index (χ4v) is 2.13.